The first-order chi connectivity index (χ1) is 6.24. The number of amides is 1. The predicted molar refractivity (Wildman–Crippen MR) is 44.1 cm³/mol. The lowest BCUT2D eigenvalue weighted by Crippen LogP contribution is -2.29. The lowest BCUT2D eigenvalue weighted by atomic mass is 10.3. The summed E-state index contributed by atoms with van der Waals surface area (Å²) in [4.78, 5) is 23.3. The van der Waals surface area contributed by atoms with Crippen LogP contribution in [0.3, 0.4) is 0 Å². The van der Waals surface area contributed by atoms with Crippen molar-refractivity contribution in [2.75, 3.05) is 32.9 Å². The van der Waals surface area contributed by atoms with Crippen LogP contribution >= 0.6 is 0 Å². The molecule has 0 aliphatic carbocycles. The van der Waals surface area contributed by atoms with E-state index >= 15 is 0 Å². The largest absolute Gasteiger partial charge is 0.394 e. The molecule has 1 aliphatic heterocycles. The average Bonchev–Trinajstić information content (AvgIpc) is 2.39. The third-order valence-corrected chi connectivity index (χ3v) is 1.81. The summed E-state index contributed by atoms with van der Waals surface area (Å²) in [5.74, 6) is -0.162. The molecule has 1 rings (SSSR count). The summed E-state index contributed by atoms with van der Waals surface area (Å²) in [6, 6.07) is 0. The zero-order chi connectivity index (χ0) is 9.68. The second-order valence-electron chi connectivity index (χ2n) is 2.87. The van der Waals surface area contributed by atoms with Crippen LogP contribution in [-0.4, -0.2) is 54.6 Å². The maximum atomic E-state index is 11.0. The van der Waals surface area contributed by atoms with Gasteiger partial charge in [0.25, 0.3) is 0 Å². The van der Waals surface area contributed by atoms with Crippen molar-refractivity contribution in [3.05, 3.63) is 0 Å². The number of Topliss-reactive ketones (excluding diaryl/α,β-unsaturated/α-hetero) is 1. The molecule has 1 amide bonds. The van der Waals surface area contributed by atoms with Crippen molar-refractivity contribution in [3.63, 3.8) is 0 Å². The van der Waals surface area contributed by atoms with Crippen molar-refractivity contribution in [2.24, 2.45) is 0 Å². The second kappa shape index (κ2) is 4.94. The van der Waals surface area contributed by atoms with Gasteiger partial charge in [0.2, 0.25) is 5.91 Å². The predicted octanol–water partition coefficient (Wildman–Crippen LogP) is -1.20. The lowest BCUT2D eigenvalue weighted by molar-refractivity contribution is -0.128. The molecule has 0 aromatic carbocycles. The van der Waals surface area contributed by atoms with Gasteiger partial charge in [-0.3, -0.25) is 9.59 Å². The van der Waals surface area contributed by atoms with Gasteiger partial charge in [0.1, 0.15) is 0 Å². The minimum atomic E-state index is -0.127. The highest BCUT2D eigenvalue weighted by Gasteiger charge is 2.26. The molecule has 1 fully saturated rings. The summed E-state index contributed by atoms with van der Waals surface area (Å²) in [7, 11) is 0. The summed E-state index contributed by atoms with van der Waals surface area (Å²) in [5.41, 5.74) is 0. The fourth-order valence-corrected chi connectivity index (χ4v) is 1.18. The summed E-state index contributed by atoms with van der Waals surface area (Å²) in [6.07, 6.45) is 0.0278. The second-order valence-corrected chi connectivity index (χ2v) is 2.87. The Morgan fingerprint density at radius 3 is 2.69 bits per heavy atom. The Balaban J connectivity index is 2.14. The number of ketones is 1. The fourth-order valence-electron chi connectivity index (χ4n) is 1.18. The topological polar surface area (TPSA) is 66.8 Å². The van der Waals surface area contributed by atoms with Crippen LogP contribution in [0.25, 0.3) is 0 Å². The minimum Gasteiger partial charge on any atom is -0.394 e. The molecule has 5 nitrogen and oxygen atoms in total. The first-order valence-corrected chi connectivity index (χ1v) is 4.22. The van der Waals surface area contributed by atoms with E-state index in [1.165, 1.54) is 4.90 Å². The van der Waals surface area contributed by atoms with E-state index in [4.69, 9.17) is 9.84 Å². The summed E-state index contributed by atoms with van der Waals surface area (Å²) in [5, 5.41) is 8.39. The van der Waals surface area contributed by atoms with E-state index in [1.54, 1.807) is 0 Å². The summed E-state index contributed by atoms with van der Waals surface area (Å²) in [6.45, 7) is 1.27. The van der Waals surface area contributed by atoms with Crippen molar-refractivity contribution in [3.8, 4) is 0 Å². The Hall–Kier alpha value is -0.940. The SMILES string of the molecule is O=C1CC(=O)N(CCOCCO)C1. The fraction of sp³-hybridized carbons (Fsp3) is 0.750. The molecule has 0 aromatic heterocycles. The highest BCUT2D eigenvalue weighted by atomic mass is 16.5. The molecule has 0 radical (unpaired) electrons. The highest BCUT2D eigenvalue weighted by Crippen LogP contribution is 2.05. The molecule has 0 atom stereocenters. The number of hydrogen-bond donors (Lipinski definition) is 1. The first kappa shape index (κ1) is 10.1. The van der Waals surface area contributed by atoms with Crippen LogP contribution in [0.2, 0.25) is 0 Å². The van der Waals surface area contributed by atoms with E-state index in [1.807, 2.05) is 0 Å². The monoisotopic (exact) mass is 187 g/mol. The number of hydrogen-bond acceptors (Lipinski definition) is 4. The average molecular weight is 187 g/mol. The van der Waals surface area contributed by atoms with Crippen LogP contribution in [0, 0.1) is 0 Å². The number of nitrogens with zero attached hydrogens (tertiary/aromatic N) is 1. The Morgan fingerprint density at radius 2 is 2.15 bits per heavy atom. The molecular formula is C8H13NO4. The molecule has 1 saturated heterocycles. The van der Waals surface area contributed by atoms with Crippen LogP contribution in [-0.2, 0) is 14.3 Å². The molecule has 1 aliphatic rings. The van der Waals surface area contributed by atoms with Gasteiger partial charge in [-0.25, -0.2) is 0 Å². The third-order valence-electron chi connectivity index (χ3n) is 1.81. The quantitative estimate of drug-likeness (QED) is 0.433. The zero-order valence-corrected chi connectivity index (χ0v) is 7.36. The number of likely N-dealkylation sites (tertiary alicyclic amines) is 1. The van der Waals surface area contributed by atoms with Gasteiger partial charge in [-0.2, -0.15) is 0 Å². The summed E-state index contributed by atoms with van der Waals surface area (Å²) < 4.78 is 4.97. The third kappa shape index (κ3) is 3.12. The number of rotatable bonds is 5. The van der Waals surface area contributed by atoms with Gasteiger partial charge in [-0.15, -0.1) is 0 Å². The standard InChI is InChI=1S/C8H13NO4/c10-2-4-13-3-1-9-6-7(11)5-8(9)12/h10H,1-6H2. The number of carbonyl (C=O) groups excluding carboxylic acids is 2. The first-order valence-electron chi connectivity index (χ1n) is 4.22. The van der Waals surface area contributed by atoms with Crippen molar-refractivity contribution in [1.29, 1.82) is 0 Å². The number of aliphatic hydroxyl groups excluding tert-OH is 1. The lowest BCUT2D eigenvalue weighted by Gasteiger charge is -2.13. The van der Waals surface area contributed by atoms with Crippen LogP contribution < -0.4 is 0 Å². The molecule has 5 heteroatoms. The van der Waals surface area contributed by atoms with Crippen molar-refractivity contribution in [2.45, 2.75) is 6.42 Å². The molecular weight excluding hydrogens is 174 g/mol. The Morgan fingerprint density at radius 1 is 1.38 bits per heavy atom. The minimum absolute atomic E-state index is 0.0210. The van der Waals surface area contributed by atoms with E-state index in [2.05, 4.69) is 0 Å². The van der Waals surface area contributed by atoms with Gasteiger partial charge >= 0.3 is 0 Å². The molecule has 1 N–H and O–H groups in total. The molecule has 0 spiro atoms. The Bertz CT molecular complexity index is 204. The molecule has 13 heavy (non-hydrogen) atoms. The van der Waals surface area contributed by atoms with Crippen LogP contribution in [0.5, 0.6) is 0 Å². The van der Waals surface area contributed by atoms with Gasteiger partial charge in [-0.1, -0.05) is 0 Å². The molecule has 74 valence electrons. The van der Waals surface area contributed by atoms with Crippen molar-refractivity contribution in [1.82, 2.24) is 4.90 Å². The van der Waals surface area contributed by atoms with Crippen LogP contribution in [0.4, 0.5) is 0 Å². The molecule has 0 saturated carbocycles. The van der Waals surface area contributed by atoms with Gasteiger partial charge in [-0.05, 0) is 0 Å². The highest BCUT2D eigenvalue weighted by molar-refractivity contribution is 6.05. The zero-order valence-electron chi connectivity index (χ0n) is 7.36. The smallest absolute Gasteiger partial charge is 0.230 e. The normalized spacial score (nSPS) is 17.2. The number of aliphatic hydroxyl groups is 1. The van der Waals surface area contributed by atoms with E-state index in [0.29, 0.717) is 13.2 Å². The van der Waals surface area contributed by atoms with E-state index < -0.39 is 0 Å². The summed E-state index contributed by atoms with van der Waals surface area (Å²) >= 11 is 0. The Labute approximate surface area is 76.3 Å². The molecule has 0 unspecified atom stereocenters. The van der Waals surface area contributed by atoms with Crippen molar-refractivity contribution >= 4 is 11.7 Å². The maximum Gasteiger partial charge on any atom is 0.230 e. The van der Waals surface area contributed by atoms with E-state index in [0.717, 1.165) is 0 Å². The molecule has 0 bridgehead atoms. The number of carbonyl (C=O) groups is 2. The van der Waals surface area contributed by atoms with Gasteiger partial charge in [0.05, 0.1) is 32.8 Å². The maximum absolute atomic E-state index is 11.0. The van der Waals surface area contributed by atoms with E-state index in [9.17, 15) is 9.59 Å². The van der Waals surface area contributed by atoms with Crippen LogP contribution in [0.15, 0.2) is 0 Å². The molecule has 1 heterocycles. The van der Waals surface area contributed by atoms with Crippen molar-refractivity contribution < 1.29 is 19.4 Å². The number of ether oxygens (including phenoxy) is 1. The van der Waals surface area contributed by atoms with Gasteiger partial charge in [0.15, 0.2) is 5.78 Å². The van der Waals surface area contributed by atoms with E-state index in [-0.39, 0.29) is 37.9 Å². The van der Waals surface area contributed by atoms with Crippen LogP contribution in [0.1, 0.15) is 6.42 Å². The molecule has 0 aromatic rings. The Kier molecular flexibility index (Phi) is 3.85. The van der Waals surface area contributed by atoms with Gasteiger partial charge in [0, 0.05) is 6.54 Å². The van der Waals surface area contributed by atoms with Gasteiger partial charge < -0.3 is 14.7 Å².